The minimum absolute atomic E-state index is 0.356. The fourth-order valence-corrected chi connectivity index (χ4v) is 2.16. The summed E-state index contributed by atoms with van der Waals surface area (Å²) in [6.07, 6.45) is 4.65. The SMILES string of the molecule is Nc1c(-c2cncc(Br)c2)nc2ccc(F)cn12. The Bertz CT molecular complexity index is 738. The van der Waals surface area contributed by atoms with Crippen LogP contribution in [0.25, 0.3) is 16.9 Å². The number of anilines is 1. The predicted molar refractivity (Wildman–Crippen MR) is 70.5 cm³/mol. The molecule has 0 amide bonds. The topological polar surface area (TPSA) is 56.2 Å². The monoisotopic (exact) mass is 306 g/mol. The van der Waals surface area contributed by atoms with Crippen LogP contribution in [0.1, 0.15) is 0 Å². The first-order chi connectivity index (χ1) is 8.65. The fourth-order valence-electron chi connectivity index (χ4n) is 1.79. The molecule has 0 aliphatic carbocycles. The second kappa shape index (κ2) is 4.06. The van der Waals surface area contributed by atoms with Gasteiger partial charge >= 0.3 is 0 Å². The van der Waals surface area contributed by atoms with Gasteiger partial charge in [-0.2, -0.15) is 0 Å². The lowest BCUT2D eigenvalue weighted by Gasteiger charge is -1.99. The average Bonchev–Trinajstić information content (AvgIpc) is 2.67. The minimum atomic E-state index is -0.356. The van der Waals surface area contributed by atoms with E-state index >= 15 is 0 Å². The van der Waals surface area contributed by atoms with Gasteiger partial charge in [-0.1, -0.05) is 0 Å². The Morgan fingerprint density at radius 1 is 1.28 bits per heavy atom. The number of fused-ring (bicyclic) bond motifs is 1. The predicted octanol–water partition coefficient (Wildman–Crippen LogP) is 2.88. The third-order valence-corrected chi connectivity index (χ3v) is 3.03. The third kappa shape index (κ3) is 1.74. The summed E-state index contributed by atoms with van der Waals surface area (Å²) in [5, 5.41) is 0. The molecule has 2 N–H and O–H groups in total. The molecule has 6 heteroatoms. The van der Waals surface area contributed by atoms with Crippen LogP contribution >= 0.6 is 15.9 Å². The molecule has 0 aliphatic heterocycles. The van der Waals surface area contributed by atoms with Gasteiger partial charge in [-0.25, -0.2) is 9.37 Å². The van der Waals surface area contributed by atoms with E-state index in [1.165, 1.54) is 16.7 Å². The zero-order chi connectivity index (χ0) is 12.7. The molecule has 3 aromatic rings. The molecule has 18 heavy (non-hydrogen) atoms. The van der Waals surface area contributed by atoms with Crippen LogP contribution in [0.3, 0.4) is 0 Å². The summed E-state index contributed by atoms with van der Waals surface area (Å²) in [6.45, 7) is 0. The molecule has 0 atom stereocenters. The van der Waals surface area contributed by atoms with Crippen molar-refractivity contribution in [1.29, 1.82) is 0 Å². The quantitative estimate of drug-likeness (QED) is 0.752. The summed E-state index contributed by atoms with van der Waals surface area (Å²) in [4.78, 5) is 8.44. The van der Waals surface area contributed by atoms with Gasteiger partial charge in [0.1, 0.15) is 23.0 Å². The van der Waals surface area contributed by atoms with Gasteiger partial charge in [0.05, 0.1) is 0 Å². The van der Waals surface area contributed by atoms with Gasteiger partial charge < -0.3 is 5.73 Å². The Morgan fingerprint density at radius 3 is 2.89 bits per heavy atom. The van der Waals surface area contributed by atoms with E-state index in [1.54, 1.807) is 18.5 Å². The molecule has 4 nitrogen and oxygen atoms in total. The van der Waals surface area contributed by atoms with Crippen LogP contribution in [0, 0.1) is 5.82 Å². The second-order valence-electron chi connectivity index (χ2n) is 3.81. The van der Waals surface area contributed by atoms with Crippen molar-refractivity contribution >= 4 is 27.4 Å². The molecule has 3 rings (SSSR count). The van der Waals surface area contributed by atoms with Crippen molar-refractivity contribution in [3.8, 4) is 11.3 Å². The van der Waals surface area contributed by atoms with Crippen LogP contribution in [-0.4, -0.2) is 14.4 Å². The maximum atomic E-state index is 13.2. The molecule has 0 unspecified atom stereocenters. The van der Waals surface area contributed by atoms with E-state index < -0.39 is 0 Å². The molecule has 0 aromatic carbocycles. The van der Waals surface area contributed by atoms with Gasteiger partial charge in [-0.15, -0.1) is 0 Å². The van der Waals surface area contributed by atoms with E-state index in [1.807, 2.05) is 6.07 Å². The first-order valence-corrected chi connectivity index (χ1v) is 5.98. The van der Waals surface area contributed by atoms with Crippen LogP contribution in [0.15, 0.2) is 41.3 Å². The van der Waals surface area contributed by atoms with Gasteiger partial charge in [-0.05, 0) is 34.1 Å². The lowest BCUT2D eigenvalue weighted by Crippen LogP contribution is -1.95. The van der Waals surface area contributed by atoms with E-state index in [4.69, 9.17) is 5.73 Å². The number of nitrogen functional groups attached to an aromatic ring is 1. The number of nitrogens with two attached hydrogens (primary N) is 1. The van der Waals surface area contributed by atoms with Crippen molar-refractivity contribution in [3.05, 3.63) is 47.1 Å². The van der Waals surface area contributed by atoms with Crippen molar-refractivity contribution in [3.63, 3.8) is 0 Å². The molecule has 3 aromatic heterocycles. The van der Waals surface area contributed by atoms with Crippen LogP contribution in [0.5, 0.6) is 0 Å². The Hall–Kier alpha value is -1.95. The molecular weight excluding hydrogens is 299 g/mol. The highest BCUT2D eigenvalue weighted by atomic mass is 79.9. The molecule has 0 radical (unpaired) electrons. The number of hydrogen-bond donors (Lipinski definition) is 1. The first-order valence-electron chi connectivity index (χ1n) is 5.19. The van der Waals surface area contributed by atoms with Crippen molar-refractivity contribution < 1.29 is 4.39 Å². The van der Waals surface area contributed by atoms with Gasteiger partial charge in [0.25, 0.3) is 0 Å². The molecule has 0 saturated carbocycles. The number of hydrogen-bond acceptors (Lipinski definition) is 3. The molecule has 90 valence electrons. The number of pyridine rings is 2. The van der Waals surface area contributed by atoms with Crippen molar-refractivity contribution in [2.45, 2.75) is 0 Å². The van der Waals surface area contributed by atoms with E-state index in [0.29, 0.717) is 17.2 Å². The zero-order valence-electron chi connectivity index (χ0n) is 9.14. The lowest BCUT2D eigenvalue weighted by atomic mass is 10.2. The Labute approximate surface area is 110 Å². The third-order valence-electron chi connectivity index (χ3n) is 2.60. The molecule has 0 fully saturated rings. The van der Waals surface area contributed by atoms with Crippen molar-refractivity contribution in [2.24, 2.45) is 0 Å². The van der Waals surface area contributed by atoms with Gasteiger partial charge in [0, 0.05) is 28.6 Å². The van der Waals surface area contributed by atoms with Crippen molar-refractivity contribution in [1.82, 2.24) is 14.4 Å². The number of rotatable bonds is 1. The summed E-state index contributed by atoms with van der Waals surface area (Å²) in [5.41, 5.74) is 7.96. The highest BCUT2D eigenvalue weighted by Crippen LogP contribution is 2.27. The molecular formula is C12H8BrFN4. The molecule has 0 spiro atoms. The molecule has 0 saturated heterocycles. The normalized spacial score (nSPS) is 11.0. The summed E-state index contributed by atoms with van der Waals surface area (Å²) in [5.74, 6) is 0.0370. The molecule has 0 bridgehead atoms. The van der Waals surface area contributed by atoms with E-state index in [2.05, 4.69) is 25.9 Å². The van der Waals surface area contributed by atoms with Crippen LogP contribution in [-0.2, 0) is 0 Å². The van der Waals surface area contributed by atoms with Crippen LogP contribution in [0.2, 0.25) is 0 Å². The standard InChI is InChI=1S/C12H8BrFN4/c13-8-3-7(4-16-5-8)11-12(15)18-6-9(14)1-2-10(18)17-11/h1-6H,15H2. The zero-order valence-corrected chi connectivity index (χ0v) is 10.7. The lowest BCUT2D eigenvalue weighted by molar-refractivity contribution is 0.619. The van der Waals surface area contributed by atoms with Gasteiger partial charge in [-0.3, -0.25) is 9.38 Å². The number of aromatic nitrogens is 3. The van der Waals surface area contributed by atoms with E-state index in [-0.39, 0.29) is 5.82 Å². The molecule has 0 aliphatic rings. The molecule has 3 heterocycles. The Balaban J connectivity index is 2.27. The first kappa shape index (κ1) is 11.2. The largest absolute Gasteiger partial charge is 0.383 e. The fraction of sp³-hybridized carbons (Fsp3) is 0. The Morgan fingerprint density at radius 2 is 2.11 bits per heavy atom. The summed E-state index contributed by atoms with van der Waals surface area (Å²) < 4.78 is 15.5. The second-order valence-corrected chi connectivity index (χ2v) is 4.73. The van der Waals surface area contributed by atoms with Crippen molar-refractivity contribution in [2.75, 3.05) is 5.73 Å². The number of nitrogens with zero attached hydrogens (tertiary/aromatic N) is 3. The maximum absolute atomic E-state index is 13.2. The van der Waals surface area contributed by atoms with E-state index in [9.17, 15) is 4.39 Å². The van der Waals surface area contributed by atoms with Gasteiger partial charge in [0.15, 0.2) is 0 Å². The maximum Gasteiger partial charge on any atom is 0.140 e. The van der Waals surface area contributed by atoms with Crippen LogP contribution < -0.4 is 5.73 Å². The highest BCUT2D eigenvalue weighted by molar-refractivity contribution is 9.10. The summed E-state index contributed by atoms with van der Waals surface area (Å²) in [6, 6.07) is 4.80. The van der Waals surface area contributed by atoms with Gasteiger partial charge in [0.2, 0.25) is 0 Å². The number of imidazole rings is 1. The highest BCUT2D eigenvalue weighted by Gasteiger charge is 2.12. The average molecular weight is 307 g/mol. The number of halogens is 2. The summed E-state index contributed by atoms with van der Waals surface area (Å²) in [7, 11) is 0. The van der Waals surface area contributed by atoms with Crippen LogP contribution in [0.4, 0.5) is 10.2 Å². The smallest absolute Gasteiger partial charge is 0.140 e. The Kier molecular flexibility index (Phi) is 2.52. The summed E-state index contributed by atoms with van der Waals surface area (Å²) >= 11 is 3.34. The van der Waals surface area contributed by atoms with E-state index in [0.717, 1.165) is 10.0 Å². The minimum Gasteiger partial charge on any atom is -0.383 e.